The number of fused-ring (bicyclic) bond motifs is 3. The second-order valence-electron chi connectivity index (χ2n) is 12.5. The van der Waals surface area contributed by atoms with E-state index in [4.69, 9.17) is 10.1 Å². The molecule has 0 spiro atoms. The predicted molar refractivity (Wildman–Crippen MR) is 168 cm³/mol. The van der Waals surface area contributed by atoms with Gasteiger partial charge < -0.3 is 20.3 Å². The molecule has 224 valence electrons. The first-order valence-electron chi connectivity index (χ1n) is 15.5. The molecule has 0 radical (unpaired) electrons. The van der Waals surface area contributed by atoms with Crippen LogP contribution in [0.2, 0.25) is 0 Å². The molecule has 2 amide bonds. The number of rotatable bonds is 8. The van der Waals surface area contributed by atoms with E-state index in [-0.39, 0.29) is 11.8 Å². The molecule has 3 aliphatic carbocycles. The average Bonchev–Trinajstić information content (AvgIpc) is 3.85. The zero-order valence-electron chi connectivity index (χ0n) is 24.4. The third kappa shape index (κ3) is 5.27. The molecule has 3 unspecified atom stereocenters. The van der Waals surface area contributed by atoms with E-state index in [0.29, 0.717) is 41.6 Å². The van der Waals surface area contributed by atoms with Crippen LogP contribution < -0.4 is 10.6 Å². The number of hydrogen-bond donors (Lipinski definition) is 3. The van der Waals surface area contributed by atoms with Gasteiger partial charge in [-0.05, 0) is 98.0 Å². The van der Waals surface area contributed by atoms with Crippen LogP contribution in [0, 0.1) is 11.8 Å². The Kier molecular flexibility index (Phi) is 7.24. The van der Waals surface area contributed by atoms with E-state index < -0.39 is 11.5 Å². The van der Waals surface area contributed by atoms with Crippen LogP contribution in [0.5, 0.6) is 0 Å². The lowest BCUT2D eigenvalue weighted by atomic mass is 9.94. The predicted octanol–water partition coefficient (Wildman–Crippen LogP) is 6.24. The quantitative estimate of drug-likeness (QED) is 0.209. The standard InChI is InChI=1S/C35H35N5O4/c41-31(42)15-9-22-7-12-26(13-8-22)37-34(44)35(16-2-3-17-35)39-33(43)25-11-14-29-28(21-25)38-32(27-5-1-4-18-36-27)40(29)30-20-23-6-10-24(30)19-23/h1,4-5,7-9,11-15,18,21,23-24,30H,2-3,6,10,16-17,19-20H2,(H,37,44)(H,39,43)(H,41,42)/b15-9+. The van der Waals surface area contributed by atoms with Crippen LogP contribution in [-0.2, 0) is 9.59 Å². The fourth-order valence-corrected chi connectivity index (χ4v) is 7.55. The minimum absolute atomic E-state index is 0.253. The van der Waals surface area contributed by atoms with Crippen LogP contribution in [0.15, 0.2) is 72.9 Å². The highest BCUT2D eigenvalue weighted by Gasteiger charge is 2.44. The van der Waals surface area contributed by atoms with Crippen LogP contribution in [0.25, 0.3) is 28.6 Å². The lowest BCUT2D eigenvalue weighted by Crippen LogP contribution is -2.55. The second-order valence-corrected chi connectivity index (χ2v) is 12.5. The summed E-state index contributed by atoms with van der Waals surface area (Å²) in [5, 5.41) is 14.9. The molecule has 2 heterocycles. The van der Waals surface area contributed by atoms with Crippen molar-refractivity contribution in [2.75, 3.05) is 5.32 Å². The summed E-state index contributed by atoms with van der Waals surface area (Å²) < 4.78 is 2.36. The number of anilines is 1. The summed E-state index contributed by atoms with van der Waals surface area (Å²) >= 11 is 0. The van der Waals surface area contributed by atoms with Crippen molar-refractivity contribution in [1.29, 1.82) is 0 Å². The molecule has 3 fully saturated rings. The maximum absolute atomic E-state index is 13.7. The number of amides is 2. The van der Waals surface area contributed by atoms with E-state index in [1.165, 1.54) is 25.3 Å². The summed E-state index contributed by atoms with van der Waals surface area (Å²) in [6.45, 7) is 0. The molecule has 3 saturated carbocycles. The highest BCUT2D eigenvalue weighted by atomic mass is 16.4. The number of nitrogens with one attached hydrogen (secondary N) is 2. The van der Waals surface area contributed by atoms with Crippen LogP contribution in [-0.4, -0.2) is 43.0 Å². The first-order valence-corrected chi connectivity index (χ1v) is 15.5. The largest absolute Gasteiger partial charge is 0.478 e. The first kappa shape index (κ1) is 28.0. The Hall–Kier alpha value is -4.79. The van der Waals surface area contributed by atoms with Crippen LogP contribution in [0.1, 0.15) is 73.3 Å². The monoisotopic (exact) mass is 589 g/mol. The Morgan fingerprint density at radius 3 is 2.48 bits per heavy atom. The number of pyridine rings is 1. The third-order valence-electron chi connectivity index (χ3n) is 9.71. The molecular weight excluding hydrogens is 554 g/mol. The second kappa shape index (κ2) is 11.4. The SMILES string of the molecule is O=C(O)/C=C/c1ccc(NC(=O)C2(NC(=O)c3ccc4c(c3)nc(-c3ccccn3)n4C3CC4CCC3C4)CCCC2)cc1. The summed E-state index contributed by atoms with van der Waals surface area (Å²) in [7, 11) is 0. The zero-order valence-corrected chi connectivity index (χ0v) is 24.4. The van der Waals surface area contributed by atoms with Gasteiger partial charge in [-0.3, -0.25) is 14.6 Å². The van der Waals surface area contributed by atoms with Crippen molar-refractivity contribution in [3.8, 4) is 11.5 Å². The van der Waals surface area contributed by atoms with Crippen molar-refractivity contribution >= 4 is 40.6 Å². The molecule has 3 atom stereocenters. The number of carbonyl (C=O) groups excluding carboxylic acids is 2. The van der Waals surface area contributed by atoms with Crippen molar-refractivity contribution < 1.29 is 19.5 Å². The van der Waals surface area contributed by atoms with Crippen molar-refractivity contribution in [2.24, 2.45) is 11.8 Å². The van der Waals surface area contributed by atoms with Crippen molar-refractivity contribution in [2.45, 2.75) is 62.9 Å². The maximum Gasteiger partial charge on any atom is 0.328 e. The van der Waals surface area contributed by atoms with Gasteiger partial charge in [0.2, 0.25) is 5.91 Å². The lowest BCUT2D eigenvalue weighted by Gasteiger charge is -2.29. The molecule has 9 heteroatoms. The number of nitrogens with zero attached hydrogens (tertiary/aromatic N) is 3. The highest BCUT2D eigenvalue weighted by molar-refractivity contribution is 6.05. The Morgan fingerprint density at radius 2 is 1.80 bits per heavy atom. The van der Waals surface area contributed by atoms with Gasteiger partial charge in [-0.2, -0.15) is 0 Å². The number of carbonyl (C=O) groups is 3. The number of imidazole rings is 1. The molecule has 4 aromatic rings. The summed E-state index contributed by atoms with van der Waals surface area (Å²) in [5.41, 5.74) is 3.32. The molecule has 3 aliphatic rings. The van der Waals surface area contributed by atoms with E-state index in [1.54, 1.807) is 30.5 Å². The smallest absolute Gasteiger partial charge is 0.328 e. The number of benzene rings is 2. The Bertz CT molecular complexity index is 1760. The topological polar surface area (TPSA) is 126 Å². The number of aliphatic carboxylic acids is 1. The lowest BCUT2D eigenvalue weighted by molar-refractivity contribution is -0.131. The van der Waals surface area contributed by atoms with E-state index in [9.17, 15) is 14.4 Å². The van der Waals surface area contributed by atoms with E-state index in [2.05, 4.69) is 20.2 Å². The minimum Gasteiger partial charge on any atom is -0.478 e. The Morgan fingerprint density at radius 1 is 0.977 bits per heavy atom. The van der Waals surface area contributed by atoms with Gasteiger partial charge in [0.25, 0.3) is 5.91 Å². The van der Waals surface area contributed by atoms with Crippen LogP contribution >= 0.6 is 0 Å². The number of aromatic nitrogens is 3. The molecule has 0 aliphatic heterocycles. The molecule has 7 rings (SSSR count). The average molecular weight is 590 g/mol. The van der Waals surface area contributed by atoms with Gasteiger partial charge in [-0.15, -0.1) is 0 Å². The van der Waals surface area contributed by atoms with Crippen LogP contribution in [0.3, 0.4) is 0 Å². The molecule has 9 nitrogen and oxygen atoms in total. The first-order chi connectivity index (χ1) is 21.4. The van der Waals surface area contributed by atoms with Crippen molar-refractivity contribution in [3.63, 3.8) is 0 Å². The van der Waals surface area contributed by atoms with Crippen molar-refractivity contribution in [1.82, 2.24) is 19.9 Å². The summed E-state index contributed by atoms with van der Waals surface area (Å²) in [6.07, 6.45) is 12.1. The van der Waals surface area contributed by atoms with Gasteiger partial charge in [-0.1, -0.05) is 37.5 Å². The number of carboxylic acids is 1. The van der Waals surface area contributed by atoms with Gasteiger partial charge in [-0.25, -0.2) is 9.78 Å². The van der Waals surface area contributed by atoms with E-state index >= 15 is 0 Å². The van der Waals surface area contributed by atoms with E-state index in [1.807, 2.05) is 36.4 Å². The number of carboxylic acid groups (broad SMARTS) is 1. The van der Waals surface area contributed by atoms with Gasteiger partial charge in [0.1, 0.15) is 11.2 Å². The molecule has 2 aromatic carbocycles. The van der Waals surface area contributed by atoms with Gasteiger partial charge in [0.05, 0.1) is 11.0 Å². The zero-order chi connectivity index (χ0) is 30.3. The Labute approximate surface area is 255 Å². The highest BCUT2D eigenvalue weighted by Crippen LogP contribution is 2.52. The van der Waals surface area contributed by atoms with Gasteiger partial charge in [0, 0.05) is 29.6 Å². The fraction of sp³-hybridized carbons (Fsp3) is 0.343. The van der Waals surface area contributed by atoms with Gasteiger partial charge >= 0.3 is 5.97 Å². The van der Waals surface area contributed by atoms with Crippen molar-refractivity contribution in [3.05, 3.63) is 84.1 Å². The summed E-state index contributed by atoms with van der Waals surface area (Å²) in [5.74, 6) is 0.670. The maximum atomic E-state index is 13.7. The normalized spacial score (nSPS) is 22.0. The molecular formula is C35H35N5O4. The van der Waals surface area contributed by atoms with E-state index in [0.717, 1.165) is 53.8 Å². The Balaban J connectivity index is 1.14. The molecule has 2 aromatic heterocycles. The summed E-state index contributed by atoms with van der Waals surface area (Å²) in [4.78, 5) is 47.7. The van der Waals surface area contributed by atoms with Crippen LogP contribution in [0.4, 0.5) is 5.69 Å². The molecule has 3 N–H and O–H groups in total. The minimum atomic E-state index is -1.02. The fourth-order valence-electron chi connectivity index (χ4n) is 7.55. The third-order valence-corrected chi connectivity index (χ3v) is 9.71. The molecule has 44 heavy (non-hydrogen) atoms. The molecule has 0 saturated heterocycles. The summed E-state index contributed by atoms with van der Waals surface area (Å²) in [6, 6.07) is 18.8. The number of hydrogen-bond acceptors (Lipinski definition) is 5. The van der Waals surface area contributed by atoms with Gasteiger partial charge in [0.15, 0.2) is 5.82 Å². The molecule has 2 bridgehead atoms.